The highest BCUT2D eigenvalue weighted by Gasteiger charge is 2.16. The van der Waals surface area contributed by atoms with Crippen molar-refractivity contribution in [3.05, 3.63) is 65.9 Å². The zero-order valence-electron chi connectivity index (χ0n) is 11.8. The van der Waals surface area contributed by atoms with E-state index in [9.17, 15) is 0 Å². The molecule has 0 unspecified atom stereocenters. The van der Waals surface area contributed by atoms with Gasteiger partial charge in [0.2, 0.25) is 0 Å². The number of rotatable bonds is 4. The van der Waals surface area contributed by atoms with Gasteiger partial charge in [-0.15, -0.1) is 0 Å². The Bertz CT molecular complexity index is 766. The third-order valence-electron chi connectivity index (χ3n) is 3.45. The van der Waals surface area contributed by atoms with Crippen LogP contribution in [0.3, 0.4) is 0 Å². The molecule has 4 heterocycles. The maximum absolute atomic E-state index is 5.81. The van der Waals surface area contributed by atoms with Gasteiger partial charge in [0.15, 0.2) is 5.82 Å². The van der Waals surface area contributed by atoms with E-state index in [1.165, 1.54) is 5.56 Å². The Morgan fingerprint density at radius 1 is 1.23 bits per heavy atom. The summed E-state index contributed by atoms with van der Waals surface area (Å²) in [5.41, 5.74) is 3.50. The second kappa shape index (κ2) is 5.81. The first kappa shape index (κ1) is 13.3. The van der Waals surface area contributed by atoms with E-state index in [-0.39, 0.29) is 0 Å². The molecule has 110 valence electrons. The first-order valence-electron chi connectivity index (χ1n) is 7.02. The van der Waals surface area contributed by atoms with Crippen molar-refractivity contribution in [3.8, 4) is 11.6 Å². The maximum Gasteiger partial charge on any atom is 0.156 e. The second-order valence-electron chi connectivity index (χ2n) is 5.04. The first-order valence-corrected chi connectivity index (χ1v) is 8.17. The summed E-state index contributed by atoms with van der Waals surface area (Å²) in [6.07, 6.45) is 7.36. The average Bonchev–Trinajstić information content (AvgIpc) is 3.16. The van der Waals surface area contributed by atoms with Crippen LogP contribution in [-0.4, -0.2) is 19.7 Å². The van der Waals surface area contributed by atoms with Crippen LogP contribution in [0.25, 0.3) is 5.82 Å². The highest BCUT2D eigenvalue weighted by atomic mass is 32.2. The van der Waals surface area contributed by atoms with E-state index < -0.39 is 0 Å². The summed E-state index contributed by atoms with van der Waals surface area (Å²) < 4.78 is 7.64. The molecule has 0 bridgehead atoms. The zero-order chi connectivity index (χ0) is 14.8. The van der Waals surface area contributed by atoms with Crippen molar-refractivity contribution < 1.29 is 4.74 Å². The van der Waals surface area contributed by atoms with Crippen LogP contribution in [-0.2, 0) is 18.1 Å². The van der Waals surface area contributed by atoms with Crippen LogP contribution in [0, 0.1) is 0 Å². The monoisotopic (exact) mass is 310 g/mol. The number of ether oxygens (including phenoxy) is 1. The number of fused-ring (bicyclic) bond motifs is 1. The molecule has 0 saturated heterocycles. The normalized spacial score (nSPS) is 13.1. The number of hydrogen-bond donors (Lipinski definition) is 0. The number of thioether (sulfide) groups is 1. The predicted octanol–water partition coefficient (Wildman–Crippen LogP) is 2.99. The molecular formula is C16H14N4OS. The molecule has 0 aliphatic carbocycles. The van der Waals surface area contributed by atoms with E-state index in [1.54, 1.807) is 18.6 Å². The molecule has 0 N–H and O–H groups in total. The Balaban J connectivity index is 1.52. The molecule has 0 aromatic carbocycles. The number of pyridine rings is 2. The summed E-state index contributed by atoms with van der Waals surface area (Å²) >= 11 is 1.90. The van der Waals surface area contributed by atoms with Crippen molar-refractivity contribution >= 4 is 11.8 Å². The number of hydrogen-bond acceptors (Lipinski definition) is 5. The van der Waals surface area contributed by atoms with Gasteiger partial charge in [-0.25, -0.2) is 9.67 Å². The summed E-state index contributed by atoms with van der Waals surface area (Å²) in [6.45, 7) is 0.490. The molecule has 0 spiro atoms. The van der Waals surface area contributed by atoms with Gasteiger partial charge in [0.05, 0.1) is 5.69 Å². The Hall–Kier alpha value is -2.34. The molecule has 0 fully saturated rings. The minimum absolute atomic E-state index is 0.490. The fourth-order valence-electron chi connectivity index (χ4n) is 2.33. The Kier molecular flexibility index (Phi) is 3.52. The minimum Gasteiger partial charge on any atom is -0.489 e. The lowest BCUT2D eigenvalue weighted by Crippen LogP contribution is -2.01. The SMILES string of the molecule is c1cncc(COc2ccnc(-n3cc4c(n3)CSC4)c2)c1. The van der Waals surface area contributed by atoms with Crippen LogP contribution in [0.4, 0.5) is 0 Å². The van der Waals surface area contributed by atoms with Crippen molar-refractivity contribution in [1.82, 2.24) is 19.7 Å². The maximum atomic E-state index is 5.81. The van der Waals surface area contributed by atoms with E-state index in [4.69, 9.17) is 4.74 Å². The molecule has 3 aromatic rings. The molecule has 5 nitrogen and oxygen atoms in total. The van der Waals surface area contributed by atoms with Crippen molar-refractivity contribution in [2.24, 2.45) is 0 Å². The minimum atomic E-state index is 0.490. The molecule has 22 heavy (non-hydrogen) atoms. The van der Waals surface area contributed by atoms with Crippen LogP contribution in [0.1, 0.15) is 16.8 Å². The van der Waals surface area contributed by atoms with Gasteiger partial charge in [-0.3, -0.25) is 4.98 Å². The zero-order valence-corrected chi connectivity index (χ0v) is 12.7. The van der Waals surface area contributed by atoms with E-state index >= 15 is 0 Å². The summed E-state index contributed by atoms with van der Waals surface area (Å²) in [6, 6.07) is 7.66. The third kappa shape index (κ3) is 2.69. The van der Waals surface area contributed by atoms with Crippen LogP contribution in [0.15, 0.2) is 49.1 Å². The second-order valence-corrected chi connectivity index (χ2v) is 6.02. The van der Waals surface area contributed by atoms with Gasteiger partial charge < -0.3 is 4.74 Å². The highest BCUT2D eigenvalue weighted by molar-refractivity contribution is 7.98. The van der Waals surface area contributed by atoms with Crippen LogP contribution in [0.2, 0.25) is 0 Å². The summed E-state index contributed by atoms with van der Waals surface area (Å²) in [5.74, 6) is 3.58. The van der Waals surface area contributed by atoms with Gasteiger partial charge in [-0.1, -0.05) is 6.07 Å². The molecule has 0 radical (unpaired) electrons. The number of aromatic nitrogens is 4. The summed E-state index contributed by atoms with van der Waals surface area (Å²) in [4.78, 5) is 8.46. The van der Waals surface area contributed by atoms with E-state index in [0.717, 1.165) is 34.3 Å². The van der Waals surface area contributed by atoms with Gasteiger partial charge in [0.25, 0.3) is 0 Å². The summed E-state index contributed by atoms with van der Waals surface area (Å²) in [5, 5.41) is 4.59. The molecule has 4 rings (SSSR count). The third-order valence-corrected chi connectivity index (χ3v) is 4.45. The fraction of sp³-hybridized carbons (Fsp3) is 0.188. The van der Waals surface area contributed by atoms with E-state index in [1.807, 2.05) is 40.7 Å². The van der Waals surface area contributed by atoms with Crippen LogP contribution >= 0.6 is 11.8 Å². The van der Waals surface area contributed by atoms with E-state index in [0.29, 0.717) is 6.61 Å². The quantitative estimate of drug-likeness (QED) is 0.741. The Morgan fingerprint density at radius 2 is 2.23 bits per heavy atom. The van der Waals surface area contributed by atoms with Gasteiger partial charge >= 0.3 is 0 Å². The largest absolute Gasteiger partial charge is 0.489 e. The fourth-order valence-corrected chi connectivity index (χ4v) is 3.33. The van der Waals surface area contributed by atoms with Crippen LogP contribution < -0.4 is 4.74 Å². The van der Waals surface area contributed by atoms with Gasteiger partial charge in [-0.2, -0.15) is 16.9 Å². The van der Waals surface area contributed by atoms with Gasteiger partial charge in [-0.05, 0) is 12.1 Å². The Labute approximate surface area is 132 Å². The van der Waals surface area contributed by atoms with Crippen molar-refractivity contribution in [2.75, 3.05) is 0 Å². The lowest BCUT2D eigenvalue weighted by Gasteiger charge is -2.07. The molecule has 0 atom stereocenters. The van der Waals surface area contributed by atoms with Gasteiger partial charge in [0, 0.05) is 53.5 Å². The van der Waals surface area contributed by atoms with Crippen molar-refractivity contribution in [1.29, 1.82) is 0 Å². The first-order chi connectivity index (χ1) is 10.9. The topological polar surface area (TPSA) is 52.8 Å². The lowest BCUT2D eigenvalue weighted by atomic mass is 10.3. The molecule has 3 aromatic heterocycles. The predicted molar refractivity (Wildman–Crippen MR) is 84.9 cm³/mol. The summed E-state index contributed by atoms with van der Waals surface area (Å²) in [7, 11) is 0. The Morgan fingerprint density at radius 3 is 3.09 bits per heavy atom. The van der Waals surface area contributed by atoms with E-state index in [2.05, 4.69) is 21.3 Å². The average molecular weight is 310 g/mol. The highest BCUT2D eigenvalue weighted by Crippen LogP contribution is 2.29. The smallest absolute Gasteiger partial charge is 0.156 e. The molecule has 1 aliphatic rings. The van der Waals surface area contributed by atoms with Crippen LogP contribution in [0.5, 0.6) is 5.75 Å². The molecule has 0 saturated carbocycles. The molecule has 6 heteroatoms. The van der Waals surface area contributed by atoms with Crippen molar-refractivity contribution in [3.63, 3.8) is 0 Å². The van der Waals surface area contributed by atoms with Gasteiger partial charge in [0.1, 0.15) is 12.4 Å². The van der Waals surface area contributed by atoms with Crippen molar-refractivity contribution in [2.45, 2.75) is 18.1 Å². The molecule has 0 amide bonds. The molecule has 1 aliphatic heterocycles. The lowest BCUT2D eigenvalue weighted by molar-refractivity contribution is 0.305. The number of nitrogens with zero attached hydrogens (tertiary/aromatic N) is 4. The molecular weight excluding hydrogens is 296 g/mol. The standard InChI is InChI=1S/C16H14N4OS/c1-2-12(7-17-4-1)9-21-14-3-5-18-16(6-14)20-8-13-10-22-11-15(13)19-20/h1-8H,9-11H2.